The van der Waals surface area contributed by atoms with Crippen LogP contribution in [0.4, 0.5) is 0 Å². The predicted molar refractivity (Wildman–Crippen MR) is 67.4 cm³/mol. The Kier molecular flexibility index (Phi) is 4.86. The van der Waals surface area contributed by atoms with Crippen LogP contribution < -0.4 is 0 Å². The van der Waals surface area contributed by atoms with Crippen molar-refractivity contribution in [2.24, 2.45) is 0 Å². The fraction of sp³-hybridized carbons (Fsp3) is 0.385. The third-order valence-electron chi connectivity index (χ3n) is 2.26. The van der Waals surface area contributed by atoms with E-state index >= 15 is 0 Å². The zero-order valence-electron chi connectivity index (χ0n) is 9.46. The van der Waals surface area contributed by atoms with Crippen LogP contribution in [0.5, 0.6) is 0 Å². The van der Waals surface area contributed by atoms with Gasteiger partial charge in [-0.15, -0.1) is 11.6 Å². The van der Waals surface area contributed by atoms with Gasteiger partial charge in [-0.05, 0) is 25.1 Å². The average molecular weight is 224 g/mol. The third kappa shape index (κ3) is 4.50. The number of halogens is 1. The summed E-state index contributed by atoms with van der Waals surface area (Å²) in [5.41, 5.74) is 3.68. The number of rotatable bonds is 5. The van der Waals surface area contributed by atoms with Gasteiger partial charge in [-0.1, -0.05) is 36.4 Å². The van der Waals surface area contributed by atoms with E-state index in [9.17, 15) is 0 Å². The number of nitrogens with zero attached hydrogens (tertiary/aromatic N) is 1. The molecule has 0 fully saturated rings. The van der Waals surface area contributed by atoms with E-state index in [2.05, 4.69) is 49.7 Å². The fourth-order valence-electron chi connectivity index (χ4n) is 1.49. The van der Waals surface area contributed by atoms with Crippen molar-refractivity contribution in [2.75, 3.05) is 19.5 Å². The van der Waals surface area contributed by atoms with E-state index in [-0.39, 0.29) is 0 Å². The van der Waals surface area contributed by atoms with Crippen LogP contribution in [0.1, 0.15) is 11.1 Å². The van der Waals surface area contributed by atoms with Crippen LogP contribution in [0, 0.1) is 6.92 Å². The Morgan fingerprint density at radius 1 is 1.33 bits per heavy atom. The van der Waals surface area contributed by atoms with E-state index in [1.807, 2.05) is 0 Å². The van der Waals surface area contributed by atoms with Crippen LogP contribution in [0.2, 0.25) is 0 Å². The Hall–Kier alpha value is -0.790. The lowest BCUT2D eigenvalue weighted by atomic mass is 10.1. The highest BCUT2D eigenvalue weighted by Gasteiger charge is 2.01. The number of likely N-dealkylation sites (N-methyl/N-ethyl adjacent to an activating group) is 1. The molecule has 0 aliphatic rings. The summed E-state index contributed by atoms with van der Waals surface area (Å²) in [5, 5.41) is 0. The summed E-state index contributed by atoms with van der Waals surface area (Å²) < 4.78 is 0. The van der Waals surface area contributed by atoms with Crippen molar-refractivity contribution in [3.63, 3.8) is 0 Å². The zero-order chi connectivity index (χ0) is 11.3. The molecule has 0 aromatic heterocycles. The van der Waals surface area contributed by atoms with Crippen LogP contribution in [0.25, 0.3) is 0 Å². The molecule has 0 aliphatic carbocycles. The van der Waals surface area contributed by atoms with E-state index in [4.69, 9.17) is 11.6 Å². The lowest BCUT2D eigenvalue weighted by Gasteiger charge is -2.17. The van der Waals surface area contributed by atoms with Gasteiger partial charge >= 0.3 is 0 Å². The molecule has 0 atom stereocenters. The van der Waals surface area contributed by atoms with Gasteiger partial charge in [-0.3, -0.25) is 4.90 Å². The molecule has 0 radical (unpaired) electrons. The topological polar surface area (TPSA) is 3.24 Å². The van der Waals surface area contributed by atoms with Gasteiger partial charge in [0.15, 0.2) is 0 Å². The predicted octanol–water partition coefficient (Wildman–Crippen LogP) is 3.22. The molecule has 0 aliphatic heterocycles. The largest absolute Gasteiger partial charge is 0.298 e. The molecule has 0 saturated heterocycles. The molecule has 0 amide bonds. The molecule has 15 heavy (non-hydrogen) atoms. The van der Waals surface area contributed by atoms with Crippen molar-refractivity contribution < 1.29 is 0 Å². The Labute approximate surface area is 97.4 Å². The van der Waals surface area contributed by atoms with Gasteiger partial charge in [0.25, 0.3) is 0 Å². The Bertz CT molecular complexity index is 316. The zero-order valence-corrected chi connectivity index (χ0v) is 10.2. The lowest BCUT2D eigenvalue weighted by molar-refractivity contribution is 0.356. The minimum Gasteiger partial charge on any atom is -0.298 e. The molecular weight excluding hydrogens is 206 g/mol. The van der Waals surface area contributed by atoms with Crippen molar-refractivity contribution in [2.45, 2.75) is 13.5 Å². The third-order valence-corrected chi connectivity index (χ3v) is 2.63. The van der Waals surface area contributed by atoms with Crippen molar-refractivity contribution in [3.05, 3.63) is 47.5 Å². The van der Waals surface area contributed by atoms with E-state index in [1.165, 1.54) is 11.1 Å². The van der Waals surface area contributed by atoms with E-state index < -0.39 is 0 Å². The Morgan fingerprint density at radius 2 is 1.93 bits per heavy atom. The Balaban J connectivity index is 2.47. The van der Waals surface area contributed by atoms with Gasteiger partial charge < -0.3 is 0 Å². The van der Waals surface area contributed by atoms with Gasteiger partial charge in [-0.2, -0.15) is 0 Å². The van der Waals surface area contributed by atoms with Crippen LogP contribution in [-0.4, -0.2) is 24.4 Å². The first-order chi connectivity index (χ1) is 7.11. The van der Waals surface area contributed by atoms with Gasteiger partial charge in [0.05, 0.1) is 0 Å². The van der Waals surface area contributed by atoms with E-state index in [1.54, 1.807) is 0 Å². The van der Waals surface area contributed by atoms with Crippen LogP contribution in [0.3, 0.4) is 0 Å². The number of aryl methyl sites for hydroxylation is 1. The number of alkyl halides is 1. The normalized spacial score (nSPS) is 10.7. The summed E-state index contributed by atoms with van der Waals surface area (Å²) in [6.07, 6.45) is 0. The number of benzene rings is 1. The molecule has 1 aromatic rings. The molecular formula is C13H18ClN. The van der Waals surface area contributed by atoms with Crippen molar-refractivity contribution in [1.29, 1.82) is 0 Å². The molecule has 1 rings (SSSR count). The fourth-order valence-corrected chi connectivity index (χ4v) is 1.57. The van der Waals surface area contributed by atoms with Gasteiger partial charge in [0.2, 0.25) is 0 Å². The second-order valence-corrected chi connectivity index (χ2v) is 4.31. The lowest BCUT2D eigenvalue weighted by Crippen LogP contribution is -2.20. The molecule has 0 saturated carbocycles. The molecule has 1 aromatic carbocycles. The van der Waals surface area contributed by atoms with Crippen LogP contribution in [-0.2, 0) is 6.54 Å². The molecule has 1 nitrogen and oxygen atoms in total. The standard InChI is InChI=1S/C13H18ClN/c1-11-4-6-13(7-5-11)10-15(3)9-12(2)8-14/h4-7H,2,8-10H2,1,3H3. The maximum atomic E-state index is 5.69. The first-order valence-corrected chi connectivity index (χ1v) is 5.62. The molecule has 0 unspecified atom stereocenters. The van der Waals surface area contributed by atoms with Crippen LogP contribution >= 0.6 is 11.6 Å². The first kappa shape index (κ1) is 12.3. The van der Waals surface area contributed by atoms with Gasteiger partial charge in [0, 0.05) is 19.0 Å². The molecule has 2 heteroatoms. The average Bonchev–Trinajstić information content (AvgIpc) is 2.21. The van der Waals surface area contributed by atoms with Crippen LogP contribution in [0.15, 0.2) is 36.4 Å². The summed E-state index contributed by atoms with van der Waals surface area (Å²) in [6.45, 7) is 7.79. The summed E-state index contributed by atoms with van der Waals surface area (Å²) in [6, 6.07) is 8.60. The quantitative estimate of drug-likeness (QED) is 0.547. The first-order valence-electron chi connectivity index (χ1n) is 5.08. The Morgan fingerprint density at radius 3 is 2.47 bits per heavy atom. The van der Waals surface area contributed by atoms with Crippen molar-refractivity contribution in [1.82, 2.24) is 4.90 Å². The van der Waals surface area contributed by atoms with Gasteiger partial charge in [-0.25, -0.2) is 0 Å². The second kappa shape index (κ2) is 5.94. The minimum absolute atomic E-state index is 0.540. The molecule has 82 valence electrons. The molecule has 0 bridgehead atoms. The molecule has 0 heterocycles. The molecule has 0 N–H and O–H groups in total. The minimum atomic E-state index is 0.540. The highest BCUT2D eigenvalue weighted by atomic mass is 35.5. The summed E-state index contributed by atoms with van der Waals surface area (Å²) in [5.74, 6) is 0.540. The highest BCUT2D eigenvalue weighted by Crippen LogP contribution is 2.07. The van der Waals surface area contributed by atoms with E-state index in [0.717, 1.165) is 18.7 Å². The molecule has 0 spiro atoms. The number of hydrogen-bond donors (Lipinski definition) is 0. The highest BCUT2D eigenvalue weighted by molar-refractivity contribution is 6.19. The maximum Gasteiger partial charge on any atom is 0.0443 e. The monoisotopic (exact) mass is 223 g/mol. The maximum absolute atomic E-state index is 5.69. The van der Waals surface area contributed by atoms with Crippen molar-refractivity contribution in [3.8, 4) is 0 Å². The summed E-state index contributed by atoms with van der Waals surface area (Å²) >= 11 is 5.69. The summed E-state index contributed by atoms with van der Waals surface area (Å²) in [4.78, 5) is 2.22. The second-order valence-electron chi connectivity index (χ2n) is 4.04. The van der Waals surface area contributed by atoms with Crippen molar-refractivity contribution >= 4 is 11.6 Å². The SMILES string of the molecule is C=C(CCl)CN(C)Cc1ccc(C)cc1. The number of hydrogen-bond acceptors (Lipinski definition) is 1. The summed E-state index contributed by atoms with van der Waals surface area (Å²) in [7, 11) is 2.08. The van der Waals surface area contributed by atoms with Gasteiger partial charge in [0.1, 0.15) is 0 Å². The van der Waals surface area contributed by atoms with E-state index in [0.29, 0.717) is 5.88 Å². The smallest absolute Gasteiger partial charge is 0.0443 e.